The van der Waals surface area contributed by atoms with Gasteiger partial charge >= 0.3 is 11.9 Å². The number of likely N-dealkylation sites (N-methyl/N-ethyl adjacent to an activating group) is 1. The van der Waals surface area contributed by atoms with Crippen LogP contribution in [-0.4, -0.2) is 70.0 Å². The molecular formula is C78H120NO8P. The van der Waals surface area contributed by atoms with Crippen molar-refractivity contribution < 1.29 is 42.1 Å². The van der Waals surface area contributed by atoms with E-state index in [0.29, 0.717) is 23.9 Å². The van der Waals surface area contributed by atoms with E-state index in [1.54, 1.807) is 0 Å². The molecule has 0 rings (SSSR count). The van der Waals surface area contributed by atoms with Crippen LogP contribution in [0.1, 0.15) is 206 Å². The first kappa shape index (κ1) is 82.3. The summed E-state index contributed by atoms with van der Waals surface area (Å²) in [6.45, 7) is 3.91. The van der Waals surface area contributed by atoms with Crippen molar-refractivity contribution in [1.29, 1.82) is 0 Å². The standard InChI is InChI=1S/C78H120NO8P/c1-6-8-10-12-14-16-18-20-22-24-26-28-30-32-34-36-38-39-41-43-45-47-49-51-53-55-57-59-61-63-65-67-69-71-78(81)87-76(75-86-88(82,83)85-73-72-79(3,4)5)74-84-77(80)70-68-66-64-62-60-58-56-54-52-50-48-46-44-42-40-37-35-33-31-29-27-25-23-21-19-17-15-13-11-9-7-2/h8-11,14-17,20-23,26-29,32-35,38-40,42-43,45-46,48-49,51-52,54-55,57-58,60,76H,6-7,12-13,18-19,24-25,30-31,36-37,41,44,47,50,53,56,59,61-75H2,1-5H3/b10-8-,11-9-,16-14-,17-15-,22-20-,23-21-,28-26-,29-27-,34-32-,35-33-,39-38-,42-40-,45-43-,48-46-,51-49-,54-52-,57-55-,60-58-. The minimum Gasteiger partial charge on any atom is -0.756 e. The van der Waals surface area contributed by atoms with Gasteiger partial charge in [-0.2, -0.15) is 0 Å². The van der Waals surface area contributed by atoms with E-state index in [2.05, 4.69) is 233 Å². The lowest BCUT2D eigenvalue weighted by Crippen LogP contribution is -2.37. The molecule has 0 amide bonds. The Morgan fingerprint density at radius 3 is 0.920 bits per heavy atom. The number of hydrogen-bond acceptors (Lipinski definition) is 8. The first-order chi connectivity index (χ1) is 43.0. The van der Waals surface area contributed by atoms with Gasteiger partial charge in [-0.25, -0.2) is 0 Å². The number of carbonyl (C=O) groups is 2. The Balaban J connectivity index is 4.30. The molecule has 10 heteroatoms. The molecule has 0 bridgehead atoms. The third kappa shape index (κ3) is 69.4. The molecule has 0 N–H and O–H groups in total. The second-order valence-electron chi connectivity index (χ2n) is 22.4. The Kier molecular flexibility index (Phi) is 61.5. The summed E-state index contributed by atoms with van der Waals surface area (Å²) in [5, 5.41) is 0. The van der Waals surface area contributed by atoms with Crippen LogP contribution in [0.2, 0.25) is 0 Å². The lowest BCUT2D eigenvalue weighted by molar-refractivity contribution is -0.870. The highest BCUT2D eigenvalue weighted by Gasteiger charge is 2.22. The first-order valence-corrected chi connectivity index (χ1v) is 34.9. The first-order valence-electron chi connectivity index (χ1n) is 33.4. The van der Waals surface area contributed by atoms with E-state index < -0.39 is 32.5 Å². The van der Waals surface area contributed by atoms with Crippen LogP contribution in [-0.2, 0) is 32.7 Å². The minimum absolute atomic E-state index is 0.0545. The van der Waals surface area contributed by atoms with Gasteiger partial charge in [0.1, 0.15) is 19.8 Å². The number of ether oxygens (including phenoxy) is 2. The van der Waals surface area contributed by atoms with E-state index in [-0.39, 0.29) is 26.1 Å². The van der Waals surface area contributed by atoms with Gasteiger partial charge in [0.25, 0.3) is 7.82 Å². The number of nitrogens with zero attached hydrogens (tertiary/aromatic N) is 1. The number of hydrogen-bond donors (Lipinski definition) is 0. The second-order valence-corrected chi connectivity index (χ2v) is 23.8. The maximum Gasteiger partial charge on any atom is 0.306 e. The van der Waals surface area contributed by atoms with E-state index in [1.807, 2.05) is 21.1 Å². The van der Waals surface area contributed by atoms with Gasteiger partial charge in [0.15, 0.2) is 6.10 Å². The summed E-state index contributed by atoms with van der Waals surface area (Å²) in [6.07, 6.45) is 106. The quantitative estimate of drug-likeness (QED) is 0.0195. The fourth-order valence-corrected chi connectivity index (χ4v) is 8.66. The summed E-state index contributed by atoms with van der Waals surface area (Å²) in [5.41, 5.74) is 0. The van der Waals surface area contributed by atoms with Gasteiger partial charge in [-0.15, -0.1) is 0 Å². The lowest BCUT2D eigenvalue weighted by Gasteiger charge is -2.28. The number of unbranched alkanes of at least 4 members (excludes halogenated alkanes) is 8. The number of esters is 2. The number of carbonyl (C=O) groups excluding carboxylic acids is 2. The van der Waals surface area contributed by atoms with E-state index in [4.69, 9.17) is 18.5 Å². The highest BCUT2D eigenvalue weighted by molar-refractivity contribution is 7.45. The van der Waals surface area contributed by atoms with Crippen molar-refractivity contribution in [2.75, 3.05) is 47.5 Å². The predicted molar refractivity (Wildman–Crippen MR) is 378 cm³/mol. The molecule has 2 atom stereocenters. The summed E-state index contributed by atoms with van der Waals surface area (Å²) < 4.78 is 34.2. The molecule has 0 aliphatic carbocycles. The number of quaternary nitrogens is 1. The average Bonchev–Trinajstić information content (AvgIpc) is 3.56. The molecule has 9 nitrogen and oxygen atoms in total. The normalized spacial score (nSPS) is 14.6. The summed E-state index contributed by atoms with van der Waals surface area (Å²) in [7, 11) is 1.09. The predicted octanol–water partition coefficient (Wildman–Crippen LogP) is 21.4. The van der Waals surface area contributed by atoms with Crippen molar-refractivity contribution in [1.82, 2.24) is 0 Å². The smallest absolute Gasteiger partial charge is 0.306 e. The Hall–Kier alpha value is -5.67. The SMILES string of the molecule is CC/C=C\C/C=C\C/C=C\C/C=C\C/C=C\C/C=C\C/C=C\C/C=C\C/C=C\CCCCCCCC(=O)OC(COC(=O)CCCCC/C=C\C/C=C\C/C=C\C/C=C\C/C=C\C/C=C\C/C=C\C/C=C\C/C=C\CC)COP(=O)([O-])OCC[N+](C)(C)C. The molecule has 0 aromatic carbocycles. The molecule has 490 valence electrons. The summed E-state index contributed by atoms with van der Waals surface area (Å²) in [5.74, 6) is -0.916. The molecular weight excluding hydrogens is 1110 g/mol. The van der Waals surface area contributed by atoms with Crippen molar-refractivity contribution in [2.45, 2.75) is 213 Å². The van der Waals surface area contributed by atoms with E-state index in [9.17, 15) is 19.0 Å². The third-order valence-electron chi connectivity index (χ3n) is 13.0. The second kappa shape index (κ2) is 65.8. The monoisotopic (exact) mass is 1230 g/mol. The maximum atomic E-state index is 12.8. The van der Waals surface area contributed by atoms with Gasteiger partial charge in [-0.3, -0.25) is 14.2 Å². The molecule has 0 aliphatic rings. The average molecular weight is 1230 g/mol. The van der Waals surface area contributed by atoms with Crippen molar-refractivity contribution in [3.05, 3.63) is 219 Å². The minimum atomic E-state index is -4.67. The zero-order chi connectivity index (χ0) is 64.1. The van der Waals surface area contributed by atoms with Gasteiger partial charge in [-0.05, 0) is 154 Å². The van der Waals surface area contributed by atoms with E-state index in [1.165, 1.54) is 0 Å². The molecule has 0 saturated carbocycles. The molecule has 0 saturated heterocycles. The molecule has 0 aromatic rings. The van der Waals surface area contributed by atoms with Crippen LogP contribution in [0.5, 0.6) is 0 Å². The molecule has 0 radical (unpaired) electrons. The number of rotatable bonds is 58. The van der Waals surface area contributed by atoms with Gasteiger partial charge in [-0.1, -0.05) is 258 Å². The zero-order valence-corrected chi connectivity index (χ0v) is 56.5. The van der Waals surface area contributed by atoms with Crippen LogP contribution in [0.3, 0.4) is 0 Å². The van der Waals surface area contributed by atoms with Crippen LogP contribution in [0.25, 0.3) is 0 Å². The Labute approximate surface area is 538 Å². The molecule has 0 heterocycles. The molecule has 0 fully saturated rings. The molecule has 88 heavy (non-hydrogen) atoms. The lowest BCUT2D eigenvalue weighted by atomic mass is 10.1. The van der Waals surface area contributed by atoms with Crippen LogP contribution >= 0.6 is 7.82 Å². The van der Waals surface area contributed by atoms with Crippen molar-refractivity contribution in [2.24, 2.45) is 0 Å². The van der Waals surface area contributed by atoms with Crippen molar-refractivity contribution >= 4 is 19.8 Å². The largest absolute Gasteiger partial charge is 0.756 e. The van der Waals surface area contributed by atoms with Crippen LogP contribution in [0.4, 0.5) is 0 Å². The Bertz CT molecular complexity index is 2280. The fraction of sp³-hybridized carbons (Fsp3) is 0.513. The maximum absolute atomic E-state index is 12.8. The Morgan fingerprint density at radius 2 is 0.614 bits per heavy atom. The topological polar surface area (TPSA) is 111 Å². The highest BCUT2D eigenvalue weighted by Crippen LogP contribution is 2.38. The Morgan fingerprint density at radius 1 is 0.352 bits per heavy atom. The van der Waals surface area contributed by atoms with Crippen molar-refractivity contribution in [3.63, 3.8) is 0 Å². The van der Waals surface area contributed by atoms with Crippen molar-refractivity contribution in [3.8, 4) is 0 Å². The summed E-state index contributed by atoms with van der Waals surface area (Å²) in [4.78, 5) is 38.0. The molecule has 0 aromatic heterocycles. The van der Waals surface area contributed by atoms with Gasteiger partial charge < -0.3 is 27.9 Å². The summed E-state index contributed by atoms with van der Waals surface area (Å²) in [6, 6.07) is 0. The van der Waals surface area contributed by atoms with E-state index in [0.717, 1.165) is 167 Å². The number of allylic oxidation sites excluding steroid dienone is 36. The number of phosphoric ester groups is 1. The molecule has 2 unspecified atom stereocenters. The number of phosphoric acid groups is 1. The molecule has 0 spiro atoms. The van der Waals surface area contributed by atoms with Gasteiger partial charge in [0.2, 0.25) is 0 Å². The van der Waals surface area contributed by atoms with Gasteiger partial charge in [0, 0.05) is 12.8 Å². The third-order valence-corrected chi connectivity index (χ3v) is 14.0. The molecule has 0 aliphatic heterocycles. The van der Waals surface area contributed by atoms with Crippen LogP contribution in [0.15, 0.2) is 219 Å². The summed E-state index contributed by atoms with van der Waals surface area (Å²) >= 11 is 0. The van der Waals surface area contributed by atoms with Crippen LogP contribution in [0, 0.1) is 0 Å². The highest BCUT2D eigenvalue weighted by atomic mass is 31.2. The fourth-order valence-electron chi connectivity index (χ4n) is 7.93. The zero-order valence-electron chi connectivity index (χ0n) is 55.6. The van der Waals surface area contributed by atoms with E-state index >= 15 is 0 Å². The van der Waals surface area contributed by atoms with Crippen LogP contribution < -0.4 is 4.89 Å². The van der Waals surface area contributed by atoms with Gasteiger partial charge in [0.05, 0.1) is 27.7 Å².